The van der Waals surface area contributed by atoms with E-state index >= 15 is 0 Å². The second-order valence-corrected chi connectivity index (χ2v) is 10.8. The third-order valence-electron chi connectivity index (χ3n) is 5.28. The van der Waals surface area contributed by atoms with Gasteiger partial charge < -0.3 is 5.11 Å². The third-order valence-corrected chi connectivity index (χ3v) is 6.65. The quantitative estimate of drug-likeness (QED) is 0.644. The molecule has 0 spiro atoms. The molecule has 31 heavy (non-hydrogen) atoms. The Bertz CT molecular complexity index is 1050. The first-order valence-corrected chi connectivity index (χ1v) is 11.8. The van der Waals surface area contributed by atoms with Crippen molar-refractivity contribution in [2.75, 3.05) is 0 Å². The van der Waals surface area contributed by atoms with E-state index in [1.165, 1.54) is 24.3 Å². The van der Waals surface area contributed by atoms with Crippen LogP contribution in [0.1, 0.15) is 81.2 Å². The molecule has 170 valence electrons. The van der Waals surface area contributed by atoms with E-state index in [1.54, 1.807) is 26.8 Å². The van der Waals surface area contributed by atoms with Crippen molar-refractivity contribution in [1.29, 1.82) is 0 Å². The molecule has 0 atom stereocenters. The number of carbonyl (C=O) groups excluding carboxylic acids is 1. The van der Waals surface area contributed by atoms with Crippen molar-refractivity contribution < 1.29 is 22.7 Å². The Morgan fingerprint density at radius 3 is 2.00 bits per heavy atom. The molecule has 2 aromatic carbocycles. The van der Waals surface area contributed by atoms with Gasteiger partial charge >= 0.3 is 0 Å². The Hall–Kier alpha value is -2.25. The summed E-state index contributed by atoms with van der Waals surface area (Å²) in [6, 6.07) is 7.16. The fourth-order valence-corrected chi connectivity index (χ4v) is 4.88. The fourth-order valence-electron chi connectivity index (χ4n) is 3.81. The van der Waals surface area contributed by atoms with Crippen LogP contribution >= 0.6 is 0 Å². The summed E-state index contributed by atoms with van der Waals surface area (Å²) in [5, 5.41) is 10.2. The molecule has 0 unspecified atom stereocenters. The molecule has 0 saturated carbocycles. The first kappa shape index (κ1) is 25.0. The van der Waals surface area contributed by atoms with Crippen LogP contribution in [0.3, 0.4) is 0 Å². The molecule has 2 aromatic rings. The van der Waals surface area contributed by atoms with Crippen LogP contribution in [0.5, 0.6) is 0 Å². The molecule has 0 aromatic heterocycles. The minimum atomic E-state index is -4.09. The fraction of sp³-hybridized carbons (Fsp3) is 0.458. The van der Waals surface area contributed by atoms with Gasteiger partial charge in [0.2, 0.25) is 5.91 Å². The number of aryl methyl sites for hydroxylation is 1. The highest BCUT2D eigenvalue weighted by atomic mass is 32.2. The number of carbonyl (C=O) groups is 1. The van der Waals surface area contributed by atoms with Gasteiger partial charge in [0, 0.05) is 0 Å². The molecule has 5 nitrogen and oxygen atoms in total. The SMILES string of the molecule is Cc1cc(S(=O)(=O)NC(=O)Cc2c(C(C)C)cc(F)cc2C(C)C)ccc1C(C)(C)O. The smallest absolute Gasteiger partial charge is 0.264 e. The first-order valence-electron chi connectivity index (χ1n) is 10.3. The topological polar surface area (TPSA) is 83.5 Å². The molecule has 0 heterocycles. The third kappa shape index (κ3) is 5.92. The van der Waals surface area contributed by atoms with Crippen molar-refractivity contribution in [2.24, 2.45) is 0 Å². The number of nitrogens with one attached hydrogen (secondary N) is 1. The van der Waals surface area contributed by atoms with Gasteiger partial charge in [0.1, 0.15) is 5.82 Å². The average Bonchev–Trinajstić information content (AvgIpc) is 2.60. The summed E-state index contributed by atoms with van der Waals surface area (Å²) < 4.78 is 41.8. The predicted molar refractivity (Wildman–Crippen MR) is 120 cm³/mol. The molecule has 0 aliphatic heterocycles. The highest BCUT2D eigenvalue weighted by molar-refractivity contribution is 7.90. The van der Waals surface area contributed by atoms with E-state index in [9.17, 15) is 22.7 Å². The lowest BCUT2D eigenvalue weighted by atomic mass is 9.87. The van der Waals surface area contributed by atoms with Crippen LogP contribution in [0.25, 0.3) is 0 Å². The number of amides is 1. The van der Waals surface area contributed by atoms with Crippen molar-refractivity contribution in [3.05, 3.63) is 64.0 Å². The van der Waals surface area contributed by atoms with Gasteiger partial charge in [-0.1, -0.05) is 33.8 Å². The van der Waals surface area contributed by atoms with E-state index in [0.29, 0.717) is 27.8 Å². The Kier molecular flexibility index (Phi) is 7.33. The van der Waals surface area contributed by atoms with Gasteiger partial charge in [0.15, 0.2) is 0 Å². The molecule has 0 aliphatic carbocycles. The number of benzene rings is 2. The highest BCUT2D eigenvalue weighted by Crippen LogP contribution is 2.30. The number of aliphatic hydroxyl groups is 1. The van der Waals surface area contributed by atoms with E-state index in [1.807, 2.05) is 27.7 Å². The van der Waals surface area contributed by atoms with Gasteiger partial charge in [-0.3, -0.25) is 4.79 Å². The molecular formula is C24H32FNO4S. The number of hydrogen-bond donors (Lipinski definition) is 2. The van der Waals surface area contributed by atoms with Crippen LogP contribution < -0.4 is 4.72 Å². The summed E-state index contributed by atoms with van der Waals surface area (Å²) in [6.45, 7) is 12.6. The lowest BCUT2D eigenvalue weighted by molar-refractivity contribution is -0.118. The normalized spacial score (nSPS) is 12.5. The molecule has 0 aliphatic rings. The zero-order valence-corrected chi connectivity index (χ0v) is 20.0. The minimum absolute atomic E-state index is 0.0235. The van der Waals surface area contributed by atoms with E-state index in [-0.39, 0.29) is 29.0 Å². The van der Waals surface area contributed by atoms with Gasteiger partial charge in [-0.15, -0.1) is 0 Å². The molecule has 2 N–H and O–H groups in total. The van der Waals surface area contributed by atoms with E-state index < -0.39 is 21.5 Å². The average molecular weight is 450 g/mol. The standard InChI is InChI=1S/C24H32FNO4S/c1-14(2)19-11-17(25)12-20(15(3)4)21(19)13-23(27)26-31(29,30)18-8-9-22(16(5)10-18)24(6,7)28/h8-12,14-15,28H,13H2,1-7H3,(H,26,27). The molecular weight excluding hydrogens is 417 g/mol. The molecule has 0 bridgehead atoms. The summed E-state index contributed by atoms with van der Waals surface area (Å²) in [5.41, 5.74) is 2.15. The van der Waals surface area contributed by atoms with Crippen molar-refractivity contribution in [1.82, 2.24) is 4.72 Å². The van der Waals surface area contributed by atoms with Crippen molar-refractivity contribution in [3.63, 3.8) is 0 Å². The number of hydrogen-bond acceptors (Lipinski definition) is 4. The Morgan fingerprint density at radius 1 is 1.06 bits per heavy atom. The van der Waals surface area contributed by atoms with Crippen molar-refractivity contribution in [3.8, 4) is 0 Å². The van der Waals surface area contributed by atoms with Crippen LogP contribution in [0.2, 0.25) is 0 Å². The predicted octanol–water partition coefficient (Wildman–Crippen LogP) is 4.66. The summed E-state index contributed by atoms with van der Waals surface area (Å²) in [5.74, 6) is -1.10. The second-order valence-electron chi connectivity index (χ2n) is 9.11. The van der Waals surface area contributed by atoms with Crippen LogP contribution in [0, 0.1) is 12.7 Å². The van der Waals surface area contributed by atoms with Crippen LogP contribution in [-0.4, -0.2) is 19.4 Å². The zero-order chi connectivity index (χ0) is 23.7. The molecule has 0 saturated heterocycles. The summed E-state index contributed by atoms with van der Waals surface area (Å²) in [4.78, 5) is 12.7. The molecule has 7 heteroatoms. The molecule has 2 rings (SSSR count). The zero-order valence-electron chi connectivity index (χ0n) is 19.2. The first-order chi connectivity index (χ1) is 14.1. The van der Waals surface area contributed by atoms with Gasteiger partial charge in [0.05, 0.1) is 16.9 Å². The van der Waals surface area contributed by atoms with Gasteiger partial charge in [-0.2, -0.15) is 0 Å². The van der Waals surface area contributed by atoms with E-state index in [2.05, 4.69) is 4.72 Å². The number of halogens is 1. The lowest BCUT2D eigenvalue weighted by Gasteiger charge is -2.21. The highest BCUT2D eigenvalue weighted by Gasteiger charge is 2.24. The summed E-state index contributed by atoms with van der Waals surface area (Å²) >= 11 is 0. The monoisotopic (exact) mass is 449 g/mol. The largest absolute Gasteiger partial charge is 0.386 e. The summed E-state index contributed by atoms with van der Waals surface area (Å²) in [7, 11) is -4.09. The van der Waals surface area contributed by atoms with Crippen LogP contribution in [0.4, 0.5) is 4.39 Å². The Labute approximate surface area is 184 Å². The summed E-state index contributed by atoms with van der Waals surface area (Å²) in [6.07, 6.45) is -0.165. The van der Waals surface area contributed by atoms with Gasteiger partial charge in [0.25, 0.3) is 10.0 Å². The second kappa shape index (κ2) is 9.09. The molecule has 1 amide bonds. The van der Waals surface area contributed by atoms with E-state index in [4.69, 9.17) is 0 Å². The lowest BCUT2D eigenvalue weighted by Crippen LogP contribution is -2.32. The maximum absolute atomic E-state index is 14.1. The molecule has 0 radical (unpaired) electrons. The minimum Gasteiger partial charge on any atom is -0.386 e. The molecule has 0 fully saturated rings. The number of rotatable bonds is 7. The van der Waals surface area contributed by atoms with Crippen LogP contribution in [-0.2, 0) is 26.8 Å². The van der Waals surface area contributed by atoms with Crippen molar-refractivity contribution >= 4 is 15.9 Å². The maximum Gasteiger partial charge on any atom is 0.264 e. The van der Waals surface area contributed by atoms with Gasteiger partial charge in [-0.25, -0.2) is 17.5 Å². The Balaban J connectivity index is 2.35. The van der Waals surface area contributed by atoms with Crippen molar-refractivity contribution in [2.45, 2.75) is 77.2 Å². The van der Waals surface area contributed by atoms with Crippen LogP contribution in [0.15, 0.2) is 35.2 Å². The van der Waals surface area contributed by atoms with E-state index in [0.717, 1.165) is 0 Å². The Morgan fingerprint density at radius 2 is 1.58 bits per heavy atom. The number of sulfonamides is 1. The van der Waals surface area contributed by atoms with Gasteiger partial charge in [-0.05, 0) is 84.7 Å². The maximum atomic E-state index is 14.1.